The Hall–Kier alpha value is -5.20. The maximum absolute atomic E-state index is 15.1. The van der Waals surface area contributed by atoms with Crippen LogP contribution in [0.15, 0.2) is 105 Å². The largest absolute Gasteiger partial charge is 0.450 e. The van der Waals surface area contributed by atoms with E-state index >= 15 is 4.79 Å². The lowest BCUT2D eigenvalue weighted by molar-refractivity contribution is -0.121. The summed E-state index contributed by atoms with van der Waals surface area (Å²) in [6.45, 7) is 2.12. The summed E-state index contributed by atoms with van der Waals surface area (Å²) >= 11 is 2.42. The quantitative estimate of drug-likeness (QED) is 0.140. The van der Waals surface area contributed by atoms with Crippen molar-refractivity contribution in [2.45, 2.75) is 29.1 Å². The normalized spacial score (nSPS) is 16.8. The van der Waals surface area contributed by atoms with Crippen LogP contribution in [0.5, 0.6) is 0 Å². The number of para-hydroxylation sites is 1. The van der Waals surface area contributed by atoms with Crippen molar-refractivity contribution in [1.82, 2.24) is 10.2 Å². The molecule has 4 heterocycles. The summed E-state index contributed by atoms with van der Waals surface area (Å²) < 4.78 is 34.4. The Morgan fingerprint density at radius 2 is 1.66 bits per heavy atom. The lowest BCUT2D eigenvalue weighted by Gasteiger charge is -2.32. The van der Waals surface area contributed by atoms with Gasteiger partial charge in [0.05, 0.1) is 23.2 Å². The van der Waals surface area contributed by atoms with E-state index < -0.39 is 28.6 Å². The molecule has 0 N–H and O–H groups in total. The first kappa shape index (κ1) is 29.2. The van der Waals surface area contributed by atoms with Gasteiger partial charge in [-0.3, -0.25) is 19.3 Å². The monoisotopic (exact) mass is 664 g/mol. The molecule has 0 saturated heterocycles. The third-order valence-electron chi connectivity index (χ3n) is 8.37. The Morgan fingerprint density at radius 3 is 2.47 bits per heavy atom. The fourth-order valence-corrected chi connectivity index (χ4v) is 8.21. The highest BCUT2D eigenvalue weighted by Gasteiger charge is 2.66. The third kappa shape index (κ3) is 4.50. The Morgan fingerprint density at radius 1 is 0.872 bits per heavy atom. The highest BCUT2D eigenvalue weighted by molar-refractivity contribution is 8.00. The number of thioether (sulfide) groups is 1. The van der Waals surface area contributed by atoms with Crippen molar-refractivity contribution in [3.8, 4) is 0 Å². The summed E-state index contributed by atoms with van der Waals surface area (Å²) in [6, 6.07) is 24.3. The number of hydrogen-bond donors (Lipinski definition) is 0. The van der Waals surface area contributed by atoms with E-state index in [1.165, 1.54) is 34.9 Å². The van der Waals surface area contributed by atoms with Crippen molar-refractivity contribution >= 4 is 56.7 Å². The molecule has 8 rings (SSSR count). The van der Waals surface area contributed by atoms with Gasteiger partial charge in [0.2, 0.25) is 10.9 Å². The molecule has 1 unspecified atom stereocenters. The molecule has 6 aromatic rings. The van der Waals surface area contributed by atoms with Crippen molar-refractivity contribution in [3.63, 3.8) is 0 Å². The van der Waals surface area contributed by atoms with Gasteiger partial charge in [-0.15, -0.1) is 10.2 Å². The van der Waals surface area contributed by atoms with Gasteiger partial charge in [-0.25, -0.2) is 8.78 Å². The number of amides is 2. The van der Waals surface area contributed by atoms with E-state index in [1.54, 1.807) is 41.3 Å². The van der Waals surface area contributed by atoms with Crippen LogP contribution in [-0.4, -0.2) is 22.0 Å². The fraction of sp³-hybridized carbons (Fsp3) is 0.114. The number of fused-ring (bicyclic) bond motifs is 5. The van der Waals surface area contributed by atoms with Crippen molar-refractivity contribution in [1.29, 1.82) is 0 Å². The maximum atomic E-state index is 15.1. The number of halogens is 2. The van der Waals surface area contributed by atoms with Gasteiger partial charge < -0.3 is 9.32 Å². The zero-order valence-corrected chi connectivity index (χ0v) is 26.2. The molecule has 0 fully saturated rings. The fourth-order valence-electron chi connectivity index (χ4n) is 6.36. The first-order chi connectivity index (χ1) is 22.8. The van der Waals surface area contributed by atoms with Crippen LogP contribution in [0.3, 0.4) is 0 Å². The summed E-state index contributed by atoms with van der Waals surface area (Å²) in [6.07, 6.45) is 0. The molecule has 8 nitrogen and oxygen atoms in total. The Balaban J connectivity index is 1.32. The second kappa shape index (κ2) is 11.0. The minimum atomic E-state index is -1.99. The minimum absolute atomic E-state index is 0.0173. The van der Waals surface area contributed by atoms with Crippen LogP contribution >= 0.6 is 23.1 Å². The second-order valence-electron chi connectivity index (χ2n) is 11.3. The van der Waals surface area contributed by atoms with Gasteiger partial charge in [0, 0.05) is 11.3 Å². The van der Waals surface area contributed by atoms with Crippen LogP contribution in [-0.2, 0) is 22.6 Å². The van der Waals surface area contributed by atoms with E-state index in [9.17, 15) is 18.4 Å². The molecule has 0 bridgehead atoms. The Bertz CT molecular complexity index is 2320. The molecule has 2 amide bonds. The van der Waals surface area contributed by atoms with Crippen molar-refractivity contribution in [3.05, 3.63) is 146 Å². The van der Waals surface area contributed by atoms with E-state index in [0.717, 1.165) is 40.2 Å². The number of aromatic nitrogens is 2. The van der Waals surface area contributed by atoms with Gasteiger partial charge in [0.1, 0.15) is 17.2 Å². The number of carbonyl (C=O) groups excluding carboxylic acids is 2. The van der Waals surface area contributed by atoms with Crippen LogP contribution in [0.2, 0.25) is 0 Å². The predicted octanol–water partition coefficient (Wildman–Crippen LogP) is 6.97. The number of rotatable bonds is 6. The topological polar surface area (TPSA) is 96.6 Å². The Labute approximate surface area is 274 Å². The van der Waals surface area contributed by atoms with Gasteiger partial charge in [0.15, 0.2) is 15.3 Å². The number of aryl methyl sites for hydroxylation is 1. The average molecular weight is 665 g/mol. The molecular formula is C35H22F2N4O4S2. The standard InChI is InChI=1S/C35H22F2N4O4S2/c1-19-5-4-6-21(15-19)17-40-26-8-3-2-7-25(26)35(32(40)44)28-29(42)24-16-23(37)13-14-27(24)45-30(28)31(43)41(35)33-38-39-34(47-33)46-18-20-9-11-22(36)12-10-20/h2-16H,17-18H2,1H3. The molecule has 0 saturated carbocycles. The van der Waals surface area contributed by atoms with Gasteiger partial charge in [-0.2, -0.15) is 0 Å². The van der Waals surface area contributed by atoms with Gasteiger partial charge in [-0.1, -0.05) is 83.3 Å². The van der Waals surface area contributed by atoms with Crippen LogP contribution in [0.25, 0.3) is 11.0 Å². The molecule has 2 aliphatic heterocycles. The summed E-state index contributed by atoms with van der Waals surface area (Å²) in [7, 11) is 0. The molecule has 4 aromatic carbocycles. The number of hydrogen-bond acceptors (Lipinski definition) is 8. The highest BCUT2D eigenvalue weighted by atomic mass is 32.2. The van der Waals surface area contributed by atoms with Crippen molar-refractivity contribution < 1.29 is 22.8 Å². The Kier molecular flexibility index (Phi) is 6.81. The molecule has 0 radical (unpaired) electrons. The summed E-state index contributed by atoms with van der Waals surface area (Å²) in [4.78, 5) is 46.6. The molecule has 0 aliphatic carbocycles. The third-order valence-corrected chi connectivity index (χ3v) is 10.5. The van der Waals surface area contributed by atoms with Crippen LogP contribution in [0, 0.1) is 18.6 Å². The lowest BCUT2D eigenvalue weighted by Crippen LogP contribution is -2.53. The zero-order chi connectivity index (χ0) is 32.4. The molecular weight excluding hydrogens is 643 g/mol. The minimum Gasteiger partial charge on any atom is -0.450 e. The summed E-state index contributed by atoms with van der Waals surface area (Å²) in [5, 5.41) is 8.62. The average Bonchev–Trinajstić information content (AvgIpc) is 3.70. The SMILES string of the molecule is Cc1cccc(CN2C(=O)C3(c4ccccc42)c2c(oc4ccc(F)cc4c2=O)C(=O)N3c2nnc(SCc3ccc(F)cc3)s2)c1. The first-order valence-corrected chi connectivity index (χ1v) is 16.3. The first-order valence-electron chi connectivity index (χ1n) is 14.5. The van der Waals surface area contributed by atoms with Crippen LogP contribution < -0.4 is 15.2 Å². The van der Waals surface area contributed by atoms with E-state index in [0.29, 0.717) is 21.3 Å². The number of nitrogens with zero attached hydrogens (tertiary/aromatic N) is 4. The molecule has 1 spiro atoms. The second-order valence-corrected chi connectivity index (χ2v) is 13.5. The van der Waals surface area contributed by atoms with Gasteiger partial charge >= 0.3 is 0 Å². The van der Waals surface area contributed by atoms with Gasteiger partial charge in [0.25, 0.3) is 11.8 Å². The van der Waals surface area contributed by atoms with Crippen molar-refractivity contribution in [2.24, 2.45) is 0 Å². The smallest absolute Gasteiger partial charge is 0.297 e. The number of anilines is 2. The predicted molar refractivity (Wildman–Crippen MR) is 175 cm³/mol. The lowest BCUT2D eigenvalue weighted by atomic mass is 9.84. The highest BCUT2D eigenvalue weighted by Crippen LogP contribution is 2.55. The molecule has 2 aromatic heterocycles. The van der Waals surface area contributed by atoms with Crippen LogP contribution in [0.1, 0.15) is 38.4 Å². The number of carbonyl (C=O) groups is 2. The summed E-state index contributed by atoms with van der Waals surface area (Å²) in [5.74, 6) is -2.15. The number of benzene rings is 4. The van der Waals surface area contributed by atoms with Gasteiger partial charge in [-0.05, 0) is 54.4 Å². The van der Waals surface area contributed by atoms with Crippen LogP contribution in [0.4, 0.5) is 19.6 Å². The van der Waals surface area contributed by atoms with E-state index in [1.807, 2.05) is 31.2 Å². The maximum Gasteiger partial charge on any atom is 0.297 e. The molecule has 232 valence electrons. The zero-order valence-electron chi connectivity index (χ0n) is 24.6. The molecule has 1 atom stereocenters. The van der Waals surface area contributed by atoms with Crippen molar-refractivity contribution in [2.75, 3.05) is 9.80 Å². The molecule has 2 aliphatic rings. The molecule has 12 heteroatoms. The molecule has 47 heavy (non-hydrogen) atoms. The van der Waals surface area contributed by atoms with E-state index in [-0.39, 0.29) is 39.8 Å². The summed E-state index contributed by atoms with van der Waals surface area (Å²) in [5.41, 5.74) is 0.763. The van der Waals surface area contributed by atoms with E-state index in [2.05, 4.69) is 10.2 Å². The van der Waals surface area contributed by atoms with E-state index in [4.69, 9.17) is 4.42 Å².